The van der Waals surface area contributed by atoms with Gasteiger partial charge in [0.05, 0.1) is 35.9 Å². The maximum Gasteiger partial charge on any atom is 0.218 e. The molecule has 2 aromatic rings. The number of morpholine rings is 1. The molecule has 28 heavy (non-hydrogen) atoms. The zero-order valence-corrected chi connectivity index (χ0v) is 16.9. The zero-order chi connectivity index (χ0) is 20.1. The van der Waals surface area contributed by atoms with Crippen LogP contribution in [-0.2, 0) is 27.1 Å². The molecule has 148 valence electrons. The number of sulfonamides is 1. The van der Waals surface area contributed by atoms with Crippen molar-refractivity contribution >= 4 is 15.7 Å². The molecule has 0 radical (unpaired) electrons. The minimum atomic E-state index is -3.40. The summed E-state index contributed by atoms with van der Waals surface area (Å²) < 4.78 is 32.3. The Bertz CT molecular complexity index is 993. The van der Waals surface area contributed by atoms with E-state index in [9.17, 15) is 13.7 Å². The second-order valence-corrected chi connectivity index (χ2v) is 8.74. The fourth-order valence-corrected chi connectivity index (χ4v) is 4.85. The highest BCUT2D eigenvalue weighted by Gasteiger charge is 2.25. The molecule has 0 unspecified atom stereocenters. The number of ether oxygens (including phenoxy) is 1. The van der Waals surface area contributed by atoms with Crippen molar-refractivity contribution < 1.29 is 13.2 Å². The van der Waals surface area contributed by atoms with Crippen molar-refractivity contribution in [3.05, 3.63) is 58.4 Å². The number of aryl methyl sites for hydroxylation is 2. The molecule has 0 saturated carbocycles. The fraction of sp³-hybridized carbons (Fsp3) is 0.400. The van der Waals surface area contributed by atoms with Crippen molar-refractivity contribution in [1.82, 2.24) is 9.29 Å². The van der Waals surface area contributed by atoms with Crippen molar-refractivity contribution in [1.29, 1.82) is 5.26 Å². The average Bonchev–Trinajstić information content (AvgIpc) is 2.67. The van der Waals surface area contributed by atoms with Gasteiger partial charge in [-0.2, -0.15) is 9.57 Å². The van der Waals surface area contributed by atoms with Crippen LogP contribution in [-0.4, -0.2) is 44.0 Å². The van der Waals surface area contributed by atoms with Crippen LogP contribution in [0.5, 0.6) is 0 Å². The van der Waals surface area contributed by atoms with Crippen LogP contribution in [0.4, 0.5) is 5.69 Å². The predicted octanol–water partition coefficient (Wildman–Crippen LogP) is 2.34. The Morgan fingerprint density at radius 1 is 1.21 bits per heavy atom. The number of rotatable bonds is 6. The fourth-order valence-electron chi connectivity index (χ4n) is 3.28. The van der Waals surface area contributed by atoms with Gasteiger partial charge < -0.3 is 10.1 Å². The van der Waals surface area contributed by atoms with Gasteiger partial charge in [-0.1, -0.05) is 24.3 Å². The molecule has 7 nitrogen and oxygen atoms in total. The molecule has 1 aliphatic rings. The van der Waals surface area contributed by atoms with Gasteiger partial charge in [-0.3, -0.25) is 4.98 Å². The van der Waals surface area contributed by atoms with E-state index in [1.165, 1.54) is 4.31 Å². The van der Waals surface area contributed by atoms with Crippen LogP contribution in [0.3, 0.4) is 0 Å². The highest BCUT2D eigenvalue weighted by molar-refractivity contribution is 7.88. The molecular weight excluding hydrogens is 376 g/mol. The van der Waals surface area contributed by atoms with Crippen LogP contribution < -0.4 is 5.32 Å². The van der Waals surface area contributed by atoms with Crippen molar-refractivity contribution in [2.24, 2.45) is 0 Å². The Kier molecular flexibility index (Phi) is 6.29. The molecule has 2 heterocycles. The van der Waals surface area contributed by atoms with Gasteiger partial charge in [0.15, 0.2) is 0 Å². The third-order valence-electron chi connectivity index (χ3n) is 4.73. The van der Waals surface area contributed by atoms with Gasteiger partial charge in [0.2, 0.25) is 10.0 Å². The predicted molar refractivity (Wildman–Crippen MR) is 107 cm³/mol. The Balaban J connectivity index is 1.79. The Morgan fingerprint density at radius 2 is 1.89 bits per heavy atom. The minimum absolute atomic E-state index is 0.0512. The third kappa shape index (κ3) is 4.68. The van der Waals surface area contributed by atoms with Gasteiger partial charge in [0.1, 0.15) is 6.07 Å². The summed E-state index contributed by atoms with van der Waals surface area (Å²) in [4.78, 5) is 4.32. The second kappa shape index (κ2) is 8.69. The van der Waals surface area contributed by atoms with E-state index < -0.39 is 10.0 Å². The molecule has 0 atom stereocenters. The van der Waals surface area contributed by atoms with E-state index in [1.807, 2.05) is 37.3 Å². The molecule has 1 N–H and O–H groups in total. The van der Waals surface area contributed by atoms with E-state index in [4.69, 9.17) is 4.74 Å². The number of nitriles is 1. The average molecular weight is 401 g/mol. The van der Waals surface area contributed by atoms with E-state index >= 15 is 0 Å². The molecule has 1 aromatic carbocycles. The lowest BCUT2D eigenvalue weighted by Crippen LogP contribution is -2.41. The van der Waals surface area contributed by atoms with E-state index in [1.54, 1.807) is 6.92 Å². The first-order valence-electron chi connectivity index (χ1n) is 9.15. The first-order valence-corrected chi connectivity index (χ1v) is 10.8. The van der Waals surface area contributed by atoms with Gasteiger partial charge in [-0.25, -0.2) is 8.42 Å². The van der Waals surface area contributed by atoms with Crippen LogP contribution in [0.2, 0.25) is 0 Å². The van der Waals surface area contributed by atoms with Crippen molar-refractivity contribution in [2.75, 3.05) is 31.6 Å². The molecule has 1 fully saturated rings. The summed E-state index contributed by atoms with van der Waals surface area (Å²) in [7, 11) is -3.40. The molecular formula is C20H24N4O3S. The maximum absolute atomic E-state index is 12.8. The Hall–Kier alpha value is -2.47. The molecule has 3 rings (SSSR count). The normalized spacial score (nSPS) is 15.2. The third-order valence-corrected chi connectivity index (χ3v) is 6.56. The highest BCUT2D eigenvalue weighted by Crippen LogP contribution is 2.22. The van der Waals surface area contributed by atoms with Gasteiger partial charge in [-0.05, 0) is 31.0 Å². The minimum Gasteiger partial charge on any atom is -0.380 e. The number of nitrogens with one attached hydrogen (secondary N) is 1. The van der Waals surface area contributed by atoms with Crippen LogP contribution in [0.15, 0.2) is 30.3 Å². The lowest BCUT2D eigenvalue weighted by atomic mass is 10.1. The van der Waals surface area contributed by atoms with Crippen LogP contribution in [0.25, 0.3) is 0 Å². The molecule has 8 heteroatoms. The van der Waals surface area contributed by atoms with Crippen molar-refractivity contribution in [3.8, 4) is 6.07 Å². The monoisotopic (exact) mass is 400 g/mol. The lowest BCUT2D eigenvalue weighted by molar-refractivity contribution is 0.0729. The summed E-state index contributed by atoms with van der Waals surface area (Å²) >= 11 is 0. The van der Waals surface area contributed by atoms with E-state index in [0.29, 0.717) is 49.8 Å². The quantitative estimate of drug-likeness (QED) is 0.800. The van der Waals surface area contributed by atoms with Gasteiger partial charge >= 0.3 is 0 Å². The second-order valence-electron chi connectivity index (χ2n) is 6.77. The molecule has 0 spiro atoms. The topological polar surface area (TPSA) is 95.3 Å². The van der Waals surface area contributed by atoms with Gasteiger partial charge in [0.25, 0.3) is 0 Å². The number of nitrogens with zero attached hydrogens (tertiary/aromatic N) is 3. The summed E-state index contributed by atoms with van der Waals surface area (Å²) in [5.74, 6) is -0.0512. The summed E-state index contributed by atoms with van der Waals surface area (Å²) in [6.45, 7) is 5.75. The van der Waals surface area contributed by atoms with Crippen LogP contribution in [0.1, 0.15) is 28.1 Å². The smallest absolute Gasteiger partial charge is 0.218 e. The molecule has 0 bridgehead atoms. The summed E-state index contributed by atoms with van der Waals surface area (Å²) in [6.07, 6.45) is 0. The molecule has 0 aliphatic carbocycles. The van der Waals surface area contributed by atoms with Crippen molar-refractivity contribution in [2.45, 2.75) is 26.1 Å². The zero-order valence-electron chi connectivity index (χ0n) is 16.1. The van der Waals surface area contributed by atoms with Crippen LogP contribution >= 0.6 is 0 Å². The van der Waals surface area contributed by atoms with Gasteiger partial charge in [0, 0.05) is 25.3 Å². The first-order chi connectivity index (χ1) is 13.4. The van der Waals surface area contributed by atoms with Crippen LogP contribution in [0, 0.1) is 25.2 Å². The highest BCUT2D eigenvalue weighted by atomic mass is 32.2. The number of benzene rings is 1. The van der Waals surface area contributed by atoms with E-state index in [0.717, 1.165) is 16.8 Å². The summed E-state index contributed by atoms with van der Waals surface area (Å²) in [5.41, 5.74) is 4.34. The molecule has 0 amide bonds. The van der Waals surface area contributed by atoms with E-state index in [-0.39, 0.29) is 5.75 Å². The summed E-state index contributed by atoms with van der Waals surface area (Å²) in [6, 6.07) is 11.5. The maximum atomic E-state index is 12.8. The number of hydrogen-bond acceptors (Lipinski definition) is 6. The van der Waals surface area contributed by atoms with Gasteiger partial charge in [-0.15, -0.1) is 0 Å². The molecule has 1 aromatic heterocycles. The van der Waals surface area contributed by atoms with E-state index in [2.05, 4.69) is 16.4 Å². The Morgan fingerprint density at radius 3 is 2.57 bits per heavy atom. The lowest BCUT2D eigenvalue weighted by Gasteiger charge is -2.26. The number of aromatic nitrogens is 1. The summed E-state index contributed by atoms with van der Waals surface area (Å²) in [5, 5.41) is 12.7. The number of anilines is 1. The molecule has 1 aliphatic heterocycles. The Labute approximate surface area is 166 Å². The number of pyridine rings is 1. The largest absolute Gasteiger partial charge is 0.380 e. The van der Waals surface area contributed by atoms with Crippen molar-refractivity contribution in [3.63, 3.8) is 0 Å². The standard InChI is InChI=1S/C20H24N4O3S/c1-15-11-20(19(12-21)16(2)23-15)22-13-17-5-3-4-6-18(17)14-28(25,26)24-7-9-27-10-8-24/h3-6,11H,7-10,13-14H2,1-2H3,(H,22,23). The first kappa shape index (κ1) is 20.3. The number of hydrogen-bond donors (Lipinski definition) is 1. The SMILES string of the molecule is Cc1cc(NCc2ccccc2CS(=O)(=O)N2CCOCC2)c(C#N)c(C)n1. The molecule has 1 saturated heterocycles.